The maximum absolute atomic E-state index is 12.4. The summed E-state index contributed by atoms with van der Waals surface area (Å²) in [7, 11) is 0. The molecule has 5 rings (SSSR count). The van der Waals surface area contributed by atoms with E-state index in [1.165, 1.54) is 46.5 Å². The lowest BCUT2D eigenvalue weighted by atomic mass is 9.85. The van der Waals surface area contributed by atoms with Crippen LogP contribution in [-0.4, -0.2) is 44.8 Å². The van der Waals surface area contributed by atoms with Crippen LogP contribution in [0.5, 0.6) is 5.75 Å². The van der Waals surface area contributed by atoms with Crippen molar-refractivity contribution in [2.45, 2.75) is 39.0 Å². The number of anilines is 1. The van der Waals surface area contributed by atoms with Gasteiger partial charge in [0.2, 0.25) is 0 Å². The number of alkyl halides is 3. The minimum absolute atomic E-state index is 0.00963. The highest BCUT2D eigenvalue weighted by Gasteiger charge is 2.31. The number of amidine groups is 1. The minimum atomic E-state index is -4.74. The number of para-hydroxylation sites is 1. The van der Waals surface area contributed by atoms with E-state index in [9.17, 15) is 13.2 Å². The molecule has 1 fully saturated rings. The Morgan fingerprint density at radius 2 is 1.68 bits per heavy atom. The molecule has 212 valence electrons. The lowest BCUT2D eigenvalue weighted by molar-refractivity contribution is -0.274. The fraction of sp³-hybridized carbons (Fsp3) is 0.267. The summed E-state index contributed by atoms with van der Waals surface area (Å²) in [5.41, 5.74) is 4.68. The first-order valence-corrected chi connectivity index (χ1v) is 14.0. The first kappa shape index (κ1) is 28.4. The van der Waals surface area contributed by atoms with Crippen molar-refractivity contribution in [1.82, 2.24) is 14.8 Å². The van der Waals surface area contributed by atoms with Crippen LogP contribution in [0.4, 0.5) is 18.9 Å². The summed E-state index contributed by atoms with van der Waals surface area (Å²) in [4.78, 5) is 6.59. The van der Waals surface area contributed by atoms with Gasteiger partial charge in [0.1, 0.15) is 12.1 Å². The van der Waals surface area contributed by atoms with Crippen LogP contribution in [0.15, 0.2) is 89.3 Å². The number of nitrogens with zero attached hydrogens (tertiary/aromatic N) is 6. The molecular weight excluding hydrogens is 549 g/mol. The van der Waals surface area contributed by atoms with Gasteiger partial charge in [-0.1, -0.05) is 75.0 Å². The number of benzene rings is 3. The van der Waals surface area contributed by atoms with E-state index in [1.807, 2.05) is 24.3 Å². The van der Waals surface area contributed by atoms with Crippen molar-refractivity contribution in [3.8, 4) is 22.8 Å². The van der Waals surface area contributed by atoms with E-state index in [0.717, 1.165) is 35.0 Å². The molecule has 41 heavy (non-hydrogen) atoms. The topological polar surface area (TPSA) is 67.9 Å². The molecular formula is C30H29F3N6OS. The number of thioether (sulfide) groups is 1. The molecule has 1 saturated heterocycles. The molecule has 11 heteroatoms. The lowest BCUT2D eigenvalue weighted by Gasteiger charge is -2.33. The molecule has 1 aromatic heterocycles. The van der Waals surface area contributed by atoms with E-state index in [1.54, 1.807) is 18.0 Å². The van der Waals surface area contributed by atoms with Gasteiger partial charge in [-0.3, -0.25) is 0 Å². The molecule has 0 N–H and O–H groups in total. The number of hydrogen-bond donors (Lipinski definition) is 0. The normalized spacial score (nSPS) is 15.6. The molecule has 0 atom stereocenters. The molecule has 4 aromatic rings. The fourth-order valence-corrected chi connectivity index (χ4v) is 5.30. The third kappa shape index (κ3) is 7.15. The van der Waals surface area contributed by atoms with Crippen LogP contribution in [0.2, 0.25) is 0 Å². The molecule has 0 aliphatic carbocycles. The van der Waals surface area contributed by atoms with Crippen molar-refractivity contribution in [3.05, 3.63) is 90.3 Å². The van der Waals surface area contributed by atoms with Gasteiger partial charge in [-0.05, 0) is 53.3 Å². The summed E-state index contributed by atoms with van der Waals surface area (Å²) in [5, 5.41) is 14.3. The molecule has 0 saturated carbocycles. The third-order valence-electron chi connectivity index (χ3n) is 6.34. The van der Waals surface area contributed by atoms with Crippen molar-refractivity contribution in [1.29, 1.82) is 0 Å². The molecule has 0 unspecified atom stereocenters. The monoisotopic (exact) mass is 578 g/mol. The Bertz CT molecular complexity index is 1540. The van der Waals surface area contributed by atoms with Crippen LogP contribution in [0.3, 0.4) is 0 Å². The average Bonchev–Trinajstić information content (AvgIpc) is 3.43. The van der Waals surface area contributed by atoms with Crippen LogP contribution in [0, 0.1) is 0 Å². The predicted octanol–water partition coefficient (Wildman–Crippen LogP) is 7.46. The highest BCUT2D eigenvalue weighted by atomic mass is 32.2. The standard InChI is InChI=1S/C30H29F3N6OS/c1-29(2,3)25-7-4-5-8-26(25)38-17-6-18-41-28(38)36-35-19-21-9-11-22(12-10-21)27-34-20-39(37-27)23-13-15-24(16-14-23)40-30(31,32)33/h4-5,7-16,19-20H,6,17-18H2,1-3H3. The second-order valence-electron chi connectivity index (χ2n) is 10.4. The SMILES string of the molecule is CC(C)(C)c1ccccc1N1CCCSC1=NN=Cc1ccc(-c2ncn(-c3ccc(OC(F)(F)F)cc3)n2)cc1. The van der Waals surface area contributed by atoms with Gasteiger partial charge in [0.05, 0.1) is 11.9 Å². The van der Waals surface area contributed by atoms with Crippen LogP contribution in [0.25, 0.3) is 17.1 Å². The first-order valence-electron chi connectivity index (χ1n) is 13.1. The third-order valence-corrected chi connectivity index (χ3v) is 7.39. The highest BCUT2D eigenvalue weighted by Crippen LogP contribution is 2.35. The Morgan fingerprint density at radius 3 is 2.39 bits per heavy atom. The van der Waals surface area contributed by atoms with Crippen molar-refractivity contribution < 1.29 is 17.9 Å². The molecule has 3 aromatic carbocycles. The molecule has 0 amide bonds. The molecule has 2 heterocycles. The van der Waals surface area contributed by atoms with Crippen LogP contribution < -0.4 is 9.64 Å². The zero-order valence-corrected chi connectivity index (χ0v) is 23.7. The van der Waals surface area contributed by atoms with E-state index in [-0.39, 0.29) is 11.2 Å². The number of aromatic nitrogens is 3. The van der Waals surface area contributed by atoms with E-state index in [0.29, 0.717) is 11.5 Å². The van der Waals surface area contributed by atoms with Gasteiger partial charge in [-0.15, -0.1) is 23.4 Å². The molecule has 0 spiro atoms. The van der Waals surface area contributed by atoms with Crippen LogP contribution >= 0.6 is 11.8 Å². The van der Waals surface area contributed by atoms with Crippen molar-refractivity contribution in [3.63, 3.8) is 0 Å². The van der Waals surface area contributed by atoms with E-state index >= 15 is 0 Å². The molecule has 0 bridgehead atoms. The van der Waals surface area contributed by atoms with Crippen molar-refractivity contribution >= 4 is 28.8 Å². The lowest BCUT2D eigenvalue weighted by Crippen LogP contribution is -2.35. The highest BCUT2D eigenvalue weighted by molar-refractivity contribution is 8.14. The summed E-state index contributed by atoms with van der Waals surface area (Å²) in [6.45, 7) is 7.55. The van der Waals surface area contributed by atoms with E-state index in [2.05, 4.69) is 75.0 Å². The van der Waals surface area contributed by atoms with Gasteiger partial charge in [-0.2, -0.15) is 5.10 Å². The van der Waals surface area contributed by atoms with E-state index in [4.69, 9.17) is 0 Å². The summed E-state index contributed by atoms with van der Waals surface area (Å²) >= 11 is 1.71. The van der Waals surface area contributed by atoms with Crippen molar-refractivity contribution in [2.24, 2.45) is 10.2 Å². The summed E-state index contributed by atoms with van der Waals surface area (Å²) < 4.78 is 42.6. The molecule has 0 radical (unpaired) electrons. The first-order chi connectivity index (χ1) is 19.6. The minimum Gasteiger partial charge on any atom is -0.406 e. The van der Waals surface area contributed by atoms with Gasteiger partial charge in [-0.25, -0.2) is 9.67 Å². The second kappa shape index (κ2) is 11.8. The van der Waals surface area contributed by atoms with Crippen molar-refractivity contribution in [2.75, 3.05) is 17.2 Å². The largest absolute Gasteiger partial charge is 0.573 e. The number of hydrogen-bond acceptors (Lipinski definition) is 6. The Kier molecular flexibility index (Phi) is 8.16. The molecule has 1 aliphatic heterocycles. The van der Waals surface area contributed by atoms with E-state index < -0.39 is 6.36 Å². The maximum Gasteiger partial charge on any atom is 0.573 e. The average molecular weight is 579 g/mol. The van der Waals surface area contributed by atoms with Gasteiger partial charge in [0.25, 0.3) is 0 Å². The fourth-order valence-electron chi connectivity index (χ4n) is 4.39. The van der Waals surface area contributed by atoms with Crippen LogP contribution in [-0.2, 0) is 5.41 Å². The Labute approximate surface area is 240 Å². The van der Waals surface area contributed by atoms with Crippen LogP contribution in [0.1, 0.15) is 38.3 Å². The summed E-state index contributed by atoms with van der Waals surface area (Å²) in [6.07, 6.45) is -0.434. The maximum atomic E-state index is 12.4. The van der Waals surface area contributed by atoms with Gasteiger partial charge in [0.15, 0.2) is 11.0 Å². The predicted molar refractivity (Wildman–Crippen MR) is 158 cm³/mol. The van der Waals surface area contributed by atoms with Gasteiger partial charge < -0.3 is 9.64 Å². The number of rotatable bonds is 6. The Hall–Kier alpha value is -4.12. The van der Waals surface area contributed by atoms with Gasteiger partial charge in [0, 0.05) is 23.5 Å². The summed E-state index contributed by atoms with van der Waals surface area (Å²) in [6, 6.07) is 21.5. The second-order valence-corrected chi connectivity index (χ2v) is 11.5. The zero-order chi connectivity index (χ0) is 29.0. The number of ether oxygens (including phenoxy) is 1. The molecule has 7 nitrogen and oxygen atoms in total. The zero-order valence-electron chi connectivity index (χ0n) is 22.8. The Morgan fingerprint density at radius 1 is 0.951 bits per heavy atom. The Balaban J connectivity index is 1.28. The molecule has 1 aliphatic rings. The summed E-state index contributed by atoms with van der Waals surface area (Å²) in [5.74, 6) is 1.19. The quantitative estimate of drug-likeness (QED) is 0.175. The number of halogens is 3. The van der Waals surface area contributed by atoms with Gasteiger partial charge >= 0.3 is 6.36 Å². The smallest absolute Gasteiger partial charge is 0.406 e.